The first-order valence-corrected chi connectivity index (χ1v) is 6.87. The van der Waals surface area contributed by atoms with E-state index in [1.54, 1.807) is 0 Å². The molecule has 1 aromatic carbocycles. The summed E-state index contributed by atoms with van der Waals surface area (Å²) in [6.45, 7) is 4.07. The molecular formula is C15H20ClN3. The maximum absolute atomic E-state index is 6.32. The predicted octanol–water partition coefficient (Wildman–Crippen LogP) is 3.26. The van der Waals surface area contributed by atoms with Crippen LogP contribution in [0.25, 0.3) is 0 Å². The summed E-state index contributed by atoms with van der Waals surface area (Å²) in [6.07, 6.45) is 0.826. The monoisotopic (exact) mass is 277 g/mol. The molecule has 2 aromatic rings. The first-order chi connectivity index (χ1) is 9.00. The Morgan fingerprint density at radius 3 is 2.47 bits per heavy atom. The molecule has 0 radical (unpaired) electrons. The average molecular weight is 278 g/mol. The molecule has 0 spiro atoms. The lowest BCUT2D eigenvalue weighted by Crippen LogP contribution is -2.21. The molecular weight excluding hydrogens is 258 g/mol. The van der Waals surface area contributed by atoms with Crippen molar-refractivity contribution in [1.82, 2.24) is 9.78 Å². The van der Waals surface area contributed by atoms with Gasteiger partial charge in [0.2, 0.25) is 0 Å². The molecule has 0 amide bonds. The Bertz CT molecular complexity index is 548. The largest absolute Gasteiger partial charge is 0.324 e. The molecule has 4 heteroatoms. The highest BCUT2D eigenvalue weighted by atomic mass is 35.5. The molecule has 3 nitrogen and oxygen atoms in total. The van der Waals surface area contributed by atoms with Gasteiger partial charge < -0.3 is 5.73 Å². The minimum Gasteiger partial charge on any atom is -0.324 e. The molecule has 102 valence electrons. The standard InChI is InChI=1S/C15H20ClN3/c1-10(15(17)12-7-5-4-6-8-12)9-13-14(16)11(2)18-19(13)3/h4-8,10,15H,9,17H2,1-3H3. The van der Waals surface area contributed by atoms with E-state index in [1.807, 2.05) is 36.9 Å². The van der Waals surface area contributed by atoms with Crippen LogP contribution >= 0.6 is 11.6 Å². The zero-order chi connectivity index (χ0) is 14.0. The van der Waals surface area contributed by atoms with Crippen molar-refractivity contribution in [2.45, 2.75) is 26.3 Å². The highest BCUT2D eigenvalue weighted by Gasteiger charge is 2.19. The van der Waals surface area contributed by atoms with E-state index >= 15 is 0 Å². The van der Waals surface area contributed by atoms with E-state index in [2.05, 4.69) is 24.2 Å². The minimum atomic E-state index is 0.00692. The van der Waals surface area contributed by atoms with Gasteiger partial charge in [-0.15, -0.1) is 0 Å². The molecule has 0 aliphatic rings. The van der Waals surface area contributed by atoms with Gasteiger partial charge in [0.15, 0.2) is 0 Å². The topological polar surface area (TPSA) is 43.8 Å². The van der Waals surface area contributed by atoms with E-state index in [-0.39, 0.29) is 6.04 Å². The lowest BCUT2D eigenvalue weighted by molar-refractivity contribution is 0.454. The maximum atomic E-state index is 6.32. The molecule has 0 aliphatic heterocycles. The van der Waals surface area contributed by atoms with Gasteiger partial charge in [0.1, 0.15) is 0 Å². The Morgan fingerprint density at radius 2 is 1.95 bits per heavy atom. The molecule has 2 atom stereocenters. The molecule has 1 aromatic heterocycles. The summed E-state index contributed by atoms with van der Waals surface area (Å²) < 4.78 is 1.85. The first-order valence-electron chi connectivity index (χ1n) is 6.49. The lowest BCUT2D eigenvalue weighted by Gasteiger charge is -2.20. The van der Waals surface area contributed by atoms with Crippen LogP contribution in [-0.4, -0.2) is 9.78 Å². The van der Waals surface area contributed by atoms with Crippen LogP contribution in [-0.2, 0) is 13.5 Å². The Kier molecular flexibility index (Phi) is 4.27. The van der Waals surface area contributed by atoms with Crippen LogP contribution in [0.15, 0.2) is 30.3 Å². The Hall–Kier alpha value is -1.32. The van der Waals surface area contributed by atoms with E-state index in [0.717, 1.165) is 28.4 Å². The van der Waals surface area contributed by atoms with Crippen molar-refractivity contribution in [3.8, 4) is 0 Å². The fourth-order valence-corrected chi connectivity index (χ4v) is 2.57. The van der Waals surface area contributed by atoms with Gasteiger partial charge in [0, 0.05) is 13.1 Å². The molecule has 0 bridgehead atoms. The van der Waals surface area contributed by atoms with Gasteiger partial charge in [-0.25, -0.2) is 0 Å². The number of nitrogens with two attached hydrogens (primary N) is 1. The van der Waals surface area contributed by atoms with E-state index in [9.17, 15) is 0 Å². The van der Waals surface area contributed by atoms with Gasteiger partial charge >= 0.3 is 0 Å². The Balaban J connectivity index is 2.15. The van der Waals surface area contributed by atoms with Crippen LogP contribution in [0, 0.1) is 12.8 Å². The first kappa shape index (κ1) is 14.1. The van der Waals surface area contributed by atoms with Gasteiger partial charge in [-0.1, -0.05) is 48.9 Å². The van der Waals surface area contributed by atoms with Gasteiger partial charge in [0.25, 0.3) is 0 Å². The van der Waals surface area contributed by atoms with Crippen molar-refractivity contribution in [3.63, 3.8) is 0 Å². The third kappa shape index (κ3) is 2.99. The van der Waals surface area contributed by atoms with E-state index < -0.39 is 0 Å². The van der Waals surface area contributed by atoms with Crippen molar-refractivity contribution in [2.75, 3.05) is 0 Å². The fraction of sp³-hybridized carbons (Fsp3) is 0.400. The zero-order valence-electron chi connectivity index (χ0n) is 11.6. The van der Waals surface area contributed by atoms with E-state index in [4.69, 9.17) is 17.3 Å². The summed E-state index contributed by atoms with van der Waals surface area (Å²) in [5.74, 6) is 0.301. The van der Waals surface area contributed by atoms with Crippen LogP contribution in [0.1, 0.15) is 29.9 Å². The molecule has 2 N–H and O–H groups in total. The quantitative estimate of drug-likeness (QED) is 0.932. The maximum Gasteiger partial charge on any atom is 0.0847 e. The Morgan fingerprint density at radius 1 is 1.32 bits per heavy atom. The molecule has 2 rings (SSSR count). The molecule has 0 fully saturated rings. The van der Waals surface area contributed by atoms with Crippen molar-refractivity contribution in [1.29, 1.82) is 0 Å². The smallest absolute Gasteiger partial charge is 0.0847 e. The zero-order valence-corrected chi connectivity index (χ0v) is 12.4. The third-order valence-electron chi connectivity index (χ3n) is 3.57. The van der Waals surface area contributed by atoms with Gasteiger partial charge in [0.05, 0.1) is 16.4 Å². The van der Waals surface area contributed by atoms with Crippen LogP contribution < -0.4 is 5.73 Å². The van der Waals surface area contributed by atoms with Crippen LogP contribution in [0.3, 0.4) is 0 Å². The van der Waals surface area contributed by atoms with Gasteiger partial charge in [-0.2, -0.15) is 5.10 Å². The lowest BCUT2D eigenvalue weighted by atomic mass is 9.91. The number of benzene rings is 1. The highest BCUT2D eigenvalue weighted by molar-refractivity contribution is 6.31. The summed E-state index contributed by atoms with van der Waals surface area (Å²) in [6, 6.07) is 10.2. The minimum absolute atomic E-state index is 0.00692. The molecule has 0 saturated heterocycles. The second-order valence-electron chi connectivity index (χ2n) is 5.09. The predicted molar refractivity (Wildman–Crippen MR) is 79.2 cm³/mol. The summed E-state index contributed by atoms with van der Waals surface area (Å²) in [5.41, 5.74) is 9.41. The molecule has 0 saturated carbocycles. The van der Waals surface area contributed by atoms with Crippen LogP contribution in [0.4, 0.5) is 0 Å². The number of hydrogen-bond donors (Lipinski definition) is 1. The Labute approximate surface area is 119 Å². The highest BCUT2D eigenvalue weighted by Crippen LogP contribution is 2.27. The third-order valence-corrected chi connectivity index (χ3v) is 4.07. The van der Waals surface area contributed by atoms with Crippen LogP contribution in [0.2, 0.25) is 5.02 Å². The molecule has 0 aliphatic carbocycles. The van der Waals surface area contributed by atoms with Crippen molar-refractivity contribution in [3.05, 3.63) is 52.3 Å². The van der Waals surface area contributed by atoms with Gasteiger partial charge in [-0.3, -0.25) is 4.68 Å². The second kappa shape index (κ2) is 5.76. The van der Waals surface area contributed by atoms with Gasteiger partial charge in [-0.05, 0) is 24.8 Å². The van der Waals surface area contributed by atoms with Crippen molar-refractivity contribution >= 4 is 11.6 Å². The number of aryl methyl sites for hydroxylation is 2. The van der Waals surface area contributed by atoms with Crippen LogP contribution in [0.5, 0.6) is 0 Å². The number of aromatic nitrogens is 2. The number of halogens is 1. The summed E-state index contributed by atoms with van der Waals surface area (Å²) in [7, 11) is 1.93. The number of rotatable bonds is 4. The molecule has 19 heavy (non-hydrogen) atoms. The van der Waals surface area contributed by atoms with E-state index in [1.165, 1.54) is 0 Å². The summed E-state index contributed by atoms with van der Waals surface area (Å²) in [5, 5.41) is 5.10. The fourth-order valence-electron chi connectivity index (χ4n) is 2.34. The molecule has 1 heterocycles. The number of hydrogen-bond acceptors (Lipinski definition) is 2. The van der Waals surface area contributed by atoms with Crippen molar-refractivity contribution < 1.29 is 0 Å². The average Bonchev–Trinajstić information content (AvgIpc) is 2.65. The summed E-state index contributed by atoms with van der Waals surface area (Å²) in [4.78, 5) is 0. The van der Waals surface area contributed by atoms with Crippen molar-refractivity contribution in [2.24, 2.45) is 18.7 Å². The molecule has 2 unspecified atom stereocenters. The second-order valence-corrected chi connectivity index (χ2v) is 5.47. The summed E-state index contributed by atoms with van der Waals surface area (Å²) >= 11 is 6.28. The SMILES string of the molecule is Cc1nn(C)c(CC(C)C(N)c2ccccc2)c1Cl. The number of nitrogens with zero attached hydrogens (tertiary/aromatic N) is 2. The van der Waals surface area contributed by atoms with E-state index in [0.29, 0.717) is 5.92 Å². The normalized spacial score (nSPS) is 14.4.